The third-order valence-corrected chi connectivity index (χ3v) is 4.16. The van der Waals surface area contributed by atoms with Gasteiger partial charge in [0.2, 0.25) is 0 Å². The molecular formula is C15H21FO. The van der Waals surface area contributed by atoms with Gasteiger partial charge in [0.15, 0.2) is 0 Å². The minimum Gasteiger partial charge on any atom is -0.392 e. The number of hydrogen-bond donors (Lipinski definition) is 1. The third-order valence-electron chi connectivity index (χ3n) is 4.16. The molecule has 0 amide bonds. The highest BCUT2D eigenvalue weighted by molar-refractivity contribution is 5.27. The fraction of sp³-hybridized carbons (Fsp3) is 0.600. The molecule has 1 fully saturated rings. The first-order valence-electron chi connectivity index (χ1n) is 6.51. The molecular weight excluding hydrogens is 215 g/mol. The van der Waals surface area contributed by atoms with Gasteiger partial charge in [0.1, 0.15) is 5.82 Å². The van der Waals surface area contributed by atoms with Crippen LogP contribution in [0.5, 0.6) is 0 Å². The van der Waals surface area contributed by atoms with Crippen LogP contribution in [0.1, 0.15) is 37.3 Å². The van der Waals surface area contributed by atoms with Crippen molar-refractivity contribution in [3.8, 4) is 0 Å². The summed E-state index contributed by atoms with van der Waals surface area (Å²) in [7, 11) is 0. The Labute approximate surface area is 103 Å². The molecule has 0 spiro atoms. The van der Waals surface area contributed by atoms with E-state index in [0.29, 0.717) is 18.3 Å². The van der Waals surface area contributed by atoms with Crippen molar-refractivity contribution in [2.45, 2.75) is 45.6 Å². The minimum atomic E-state index is -0.326. The SMILES string of the molecule is Cc1ccc(F)cc1CC(O)C1CCCC1C. The molecule has 94 valence electrons. The Morgan fingerprint density at radius 1 is 1.41 bits per heavy atom. The molecule has 1 aliphatic carbocycles. The van der Waals surface area contributed by atoms with Crippen molar-refractivity contribution in [3.63, 3.8) is 0 Å². The van der Waals surface area contributed by atoms with Gasteiger partial charge in [-0.05, 0) is 54.9 Å². The Morgan fingerprint density at radius 3 is 2.82 bits per heavy atom. The van der Waals surface area contributed by atoms with Crippen molar-refractivity contribution in [2.24, 2.45) is 11.8 Å². The first kappa shape index (κ1) is 12.6. The summed E-state index contributed by atoms with van der Waals surface area (Å²) in [6.07, 6.45) is 3.79. The smallest absolute Gasteiger partial charge is 0.123 e. The van der Waals surface area contributed by atoms with Gasteiger partial charge in [0.05, 0.1) is 6.10 Å². The van der Waals surface area contributed by atoms with E-state index in [-0.39, 0.29) is 11.9 Å². The number of benzene rings is 1. The topological polar surface area (TPSA) is 20.2 Å². The fourth-order valence-corrected chi connectivity index (χ4v) is 2.98. The number of hydrogen-bond acceptors (Lipinski definition) is 1. The van der Waals surface area contributed by atoms with Crippen molar-refractivity contribution in [3.05, 3.63) is 35.1 Å². The number of aliphatic hydroxyl groups excluding tert-OH is 1. The third kappa shape index (κ3) is 2.86. The van der Waals surface area contributed by atoms with Gasteiger partial charge in [0, 0.05) is 0 Å². The Balaban J connectivity index is 2.07. The molecule has 3 unspecified atom stereocenters. The second-order valence-corrected chi connectivity index (χ2v) is 5.41. The van der Waals surface area contributed by atoms with Gasteiger partial charge in [-0.1, -0.05) is 25.8 Å². The fourth-order valence-electron chi connectivity index (χ4n) is 2.98. The zero-order chi connectivity index (χ0) is 12.4. The van der Waals surface area contributed by atoms with Crippen LogP contribution in [0.25, 0.3) is 0 Å². The molecule has 1 saturated carbocycles. The quantitative estimate of drug-likeness (QED) is 0.852. The van der Waals surface area contributed by atoms with Crippen LogP contribution in [0.15, 0.2) is 18.2 Å². The van der Waals surface area contributed by atoms with Crippen LogP contribution >= 0.6 is 0 Å². The normalized spacial score (nSPS) is 26.1. The van der Waals surface area contributed by atoms with Gasteiger partial charge in [-0.15, -0.1) is 0 Å². The second kappa shape index (κ2) is 5.18. The summed E-state index contributed by atoms with van der Waals surface area (Å²) in [4.78, 5) is 0. The molecule has 1 aromatic carbocycles. The summed E-state index contributed by atoms with van der Waals surface area (Å²) >= 11 is 0. The lowest BCUT2D eigenvalue weighted by molar-refractivity contribution is 0.0900. The van der Waals surface area contributed by atoms with Gasteiger partial charge < -0.3 is 5.11 Å². The van der Waals surface area contributed by atoms with E-state index < -0.39 is 0 Å². The average Bonchev–Trinajstić information content (AvgIpc) is 2.70. The summed E-state index contributed by atoms with van der Waals surface area (Å²) in [6, 6.07) is 4.82. The Bertz CT molecular complexity index is 389. The van der Waals surface area contributed by atoms with E-state index >= 15 is 0 Å². The van der Waals surface area contributed by atoms with Crippen molar-refractivity contribution in [1.82, 2.24) is 0 Å². The zero-order valence-electron chi connectivity index (χ0n) is 10.6. The average molecular weight is 236 g/mol. The van der Waals surface area contributed by atoms with E-state index in [1.165, 1.54) is 18.9 Å². The lowest BCUT2D eigenvalue weighted by Gasteiger charge is -2.22. The summed E-state index contributed by atoms with van der Waals surface area (Å²) in [5, 5.41) is 10.3. The van der Waals surface area contributed by atoms with Crippen LogP contribution in [0.3, 0.4) is 0 Å². The number of halogens is 1. The molecule has 17 heavy (non-hydrogen) atoms. The minimum absolute atomic E-state index is 0.211. The molecule has 0 radical (unpaired) electrons. The largest absolute Gasteiger partial charge is 0.392 e. The molecule has 1 aliphatic rings. The molecule has 3 atom stereocenters. The summed E-state index contributed by atoms with van der Waals surface area (Å²) in [5.74, 6) is 0.772. The Morgan fingerprint density at radius 2 is 2.18 bits per heavy atom. The number of rotatable bonds is 3. The number of aryl methyl sites for hydroxylation is 1. The maximum absolute atomic E-state index is 13.2. The van der Waals surface area contributed by atoms with E-state index in [0.717, 1.165) is 17.5 Å². The van der Waals surface area contributed by atoms with Gasteiger partial charge in [-0.25, -0.2) is 4.39 Å². The standard InChI is InChI=1S/C15H21FO/c1-10-6-7-13(16)8-12(10)9-15(17)14-5-3-4-11(14)2/h6-8,11,14-15,17H,3-5,9H2,1-2H3. The molecule has 1 N–H and O–H groups in total. The Hall–Kier alpha value is -0.890. The van der Waals surface area contributed by atoms with Crippen molar-refractivity contribution in [1.29, 1.82) is 0 Å². The second-order valence-electron chi connectivity index (χ2n) is 5.41. The predicted molar refractivity (Wildman–Crippen MR) is 67.4 cm³/mol. The van der Waals surface area contributed by atoms with Crippen LogP contribution in [-0.4, -0.2) is 11.2 Å². The van der Waals surface area contributed by atoms with Gasteiger partial charge in [-0.3, -0.25) is 0 Å². The monoisotopic (exact) mass is 236 g/mol. The first-order valence-corrected chi connectivity index (χ1v) is 6.51. The van der Waals surface area contributed by atoms with Crippen LogP contribution in [0.2, 0.25) is 0 Å². The van der Waals surface area contributed by atoms with Crippen LogP contribution < -0.4 is 0 Å². The molecule has 0 heterocycles. The maximum Gasteiger partial charge on any atom is 0.123 e. The molecule has 0 bridgehead atoms. The Kier molecular flexibility index (Phi) is 3.82. The molecule has 2 heteroatoms. The molecule has 0 aliphatic heterocycles. The summed E-state index contributed by atoms with van der Waals surface area (Å²) in [6.45, 7) is 4.18. The van der Waals surface area contributed by atoms with E-state index in [9.17, 15) is 9.50 Å². The predicted octanol–water partition coefficient (Wildman–Crippen LogP) is 3.47. The highest BCUT2D eigenvalue weighted by Gasteiger charge is 2.29. The van der Waals surface area contributed by atoms with Crippen molar-refractivity contribution >= 4 is 0 Å². The summed E-state index contributed by atoms with van der Waals surface area (Å²) < 4.78 is 13.2. The lowest BCUT2D eigenvalue weighted by atomic mass is 9.88. The molecule has 2 rings (SSSR count). The highest BCUT2D eigenvalue weighted by Crippen LogP contribution is 2.34. The van der Waals surface area contributed by atoms with Gasteiger partial charge >= 0.3 is 0 Å². The van der Waals surface area contributed by atoms with Gasteiger partial charge in [-0.2, -0.15) is 0 Å². The van der Waals surface area contributed by atoms with E-state index in [1.807, 2.05) is 6.92 Å². The molecule has 0 saturated heterocycles. The van der Waals surface area contributed by atoms with E-state index in [1.54, 1.807) is 12.1 Å². The van der Waals surface area contributed by atoms with Crippen LogP contribution in [0, 0.1) is 24.6 Å². The van der Waals surface area contributed by atoms with E-state index in [4.69, 9.17) is 0 Å². The molecule has 0 aromatic heterocycles. The van der Waals surface area contributed by atoms with Crippen molar-refractivity contribution in [2.75, 3.05) is 0 Å². The van der Waals surface area contributed by atoms with Crippen LogP contribution in [0.4, 0.5) is 4.39 Å². The highest BCUT2D eigenvalue weighted by atomic mass is 19.1. The zero-order valence-corrected chi connectivity index (χ0v) is 10.6. The number of aliphatic hydroxyl groups is 1. The van der Waals surface area contributed by atoms with E-state index in [2.05, 4.69) is 6.92 Å². The van der Waals surface area contributed by atoms with Crippen LogP contribution in [-0.2, 0) is 6.42 Å². The summed E-state index contributed by atoms with van der Waals surface area (Å²) in [5.41, 5.74) is 2.01. The lowest BCUT2D eigenvalue weighted by Crippen LogP contribution is -2.25. The molecule has 1 aromatic rings. The maximum atomic E-state index is 13.2. The first-order chi connectivity index (χ1) is 8.08. The molecule has 1 nitrogen and oxygen atoms in total. The van der Waals surface area contributed by atoms with Gasteiger partial charge in [0.25, 0.3) is 0 Å². The van der Waals surface area contributed by atoms with Crippen molar-refractivity contribution < 1.29 is 9.50 Å².